The molecule has 5 aliphatic carbocycles. The molecule has 1 aliphatic heterocycles. The van der Waals surface area contributed by atoms with E-state index in [2.05, 4.69) is 65.0 Å². The Kier molecular flexibility index (Phi) is 7.78. The molecule has 0 radical (unpaired) electrons. The molecule has 4 unspecified atom stereocenters. The second-order valence-electron chi connectivity index (χ2n) is 17.2. The molecule has 0 aromatic rings. The number of methoxy groups -OCH3 is 1. The number of allylic oxidation sites excluding steroid dienone is 2. The van der Waals surface area contributed by atoms with E-state index in [0.717, 1.165) is 81.7 Å². The fourth-order valence-electron chi connectivity index (χ4n) is 11.6. The van der Waals surface area contributed by atoms with Crippen LogP contribution in [0.25, 0.3) is 0 Å². The summed E-state index contributed by atoms with van der Waals surface area (Å²) in [7, 11) is 1.56. The highest BCUT2D eigenvalue weighted by molar-refractivity contribution is 8.15. The van der Waals surface area contributed by atoms with Gasteiger partial charge in [-0.2, -0.15) is 0 Å². The van der Waals surface area contributed by atoms with Crippen molar-refractivity contribution in [3.8, 4) is 0 Å². The average Bonchev–Trinajstić information content (AvgIpc) is 3.27. The fourth-order valence-corrected chi connectivity index (χ4v) is 12.4. The van der Waals surface area contributed by atoms with Gasteiger partial charge < -0.3 is 9.57 Å². The molecule has 45 heavy (non-hydrogen) atoms. The quantitative estimate of drug-likeness (QED) is 0.146. The number of imide groups is 1. The second-order valence-corrected chi connectivity index (χ2v) is 18.3. The number of thioether (sulfide) groups is 1. The van der Waals surface area contributed by atoms with Crippen LogP contribution in [0.15, 0.2) is 16.8 Å². The molecule has 8 nitrogen and oxygen atoms in total. The Balaban J connectivity index is 1.26. The largest absolute Gasteiger partial charge is 0.469 e. The monoisotopic (exact) mass is 640 g/mol. The summed E-state index contributed by atoms with van der Waals surface area (Å²) in [5.74, 6) is 0.0713. The fraction of sp³-hybridized carbons (Fsp3) is 0.806. The number of carbonyl (C=O) groups is 4. The lowest BCUT2D eigenvalue weighted by molar-refractivity contribution is -0.181. The second kappa shape index (κ2) is 10.7. The summed E-state index contributed by atoms with van der Waals surface area (Å²) in [5, 5.41) is 5.45. The summed E-state index contributed by atoms with van der Waals surface area (Å²) >= 11 is 0.827. The van der Waals surface area contributed by atoms with Crippen LogP contribution in [0.2, 0.25) is 0 Å². The molecule has 1 N–H and O–H groups in total. The minimum Gasteiger partial charge on any atom is -0.469 e. The predicted octanol–water partition coefficient (Wildman–Crippen LogP) is 7.60. The van der Waals surface area contributed by atoms with Crippen LogP contribution in [0.4, 0.5) is 4.79 Å². The minimum absolute atomic E-state index is 0.00537. The average molecular weight is 641 g/mol. The number of ether oxygens (including phenoxy) is 1. The van der Waals surface area contributed by atoms with Crippen LogP contribution in [-0.2, 0) is 24.0 Å². The SMILES string of the molecule is COC(=O)[C@]12CCC(C)(C)CC1C1=CCC3[C@@]4(C)CC/C(=N\OC(=O)CC5SC(=O)NC5=O)C(C)(C)C4CC[C@@]3(C)[C@]1(C)CC2. The van der Waals surface area contributed by atoms with E-state index in [1.807, 2.05) is 0 Å². The maximum Gasteiger partial charge on any atom is 0.336 e. The Morgan fingerprint density at radius 2 is 1.69 bits per heavy atom. The molecular formula is C36H52N2O6S. The van der Waals surface area contributed by atoms with Gasteiger partial charge in [-0.05, 0) is 104 Å². The lowest BCUT2D eigenvalue weighted by atomic mass is 9.33. The Hall–Kier alpha value is -2.16. The molecule has 8 atom stereocenters. The molecule has 2 amide bonds. The highest BCUT2D eigenvalue weighted by Gasteiger charge is 2.69. The van der Waals surface area contributed by atoms with Crippen molar-refractivity contribution >= 4 is 40.6 Å². The zero-order valence-electron chi connectivity index (χ0n) is 28.5. The molecule has 1 saturated heterocycles. The number of fused-ring (bicyclic) bond motifs is 7. The first-order valence-electron chi connectivity index (χ1n) is 17.0. The highest BCUT2D eigenvalue weighted by Crippen LogP contribution is 2.75. The molecule has 1 heterocycles. The summed E-state index contributed by atoms with van der Waals surface area (Å²) in [6.07, 6.45) is 12.3. The standard InChI is InChI=1S/C36H52N2O6S/c1-31(2)15-17-36(29(41)43-8)18-16-34(6)21(22(36)20-31)9-10-25-33(5)13-12-26(32(3,4)24(33)11-14-35(25,34)7)38-44-27(39)19-23-28(40)37-30(42)45-23/h9,22-25H,10-20H2,1-8H3,(H,37,40,42)/b38-26+/t22?,23?,24?,25?,33-,34+,35+,36-/m0/s1. The van der Waals surface area contributed by atoms with Crippen molar-refractivity contribution in [1.29, 1.82) is 0 Å². The molecule has 248 valence electrons. The van der Waals surface area contributed by atoms with E-state index in [1.165, 1.54) is 5.57 Å². The summed E-state index contributed by atoms with van der Waals surface area (Å²) in [5.41, 5.74) is 2.22. The molecule has 0 bridgehead atoms. The van der Waals surface area contributed by atoms with Crippen molar-refractivity contribution in [2.24, 2.45) is 55.4 Å². The third-order valence-electron chi connectivity index (χ3n) is 14.4. The van der Waals surface area contributed by atoms with Gasteiger partial charge in [0.25, 0.3) is 5.24 Å². The van der Waals surface area contributed by atoms with Crippen LogP contribution < -0.4 is 5.32 Å². The summed E-state index contributed by atoms with van der Waals surface area (Å²) in [6, 6.07) is 0. The molecule has 5 fully saturated rings. The number of amides is 2. The van der Waals surface area contributed by atoms with Gasteiger partial charge in [0.1, 0.15) is 5.25 Å². The van der Waals surface area contributed by atoms with Gasteiger partial charge in [-0.25, -0.2) is 4.79 Å². The zero-order chi connectivity index (χ0) is 32.8. The van der Waals surface area contributed by atoms with Crippen LogP contribution >= 0.6 is 11.8 Å². The first-order chi connectivity index (χ1) is 20.9. The van der Waals surface area contributed by atoms with Crippen molar-refractivity contribution in [2.75, 3.05) is 7.11 Å². The number of rotatable bonds is 4. The maximum absolute atomic E-state index is 13.5. The van der Waals surface area contributed by atoms with Crippen molar-refractivity contribution in [3.63, 3.8) is 0 Å². The summed E-state index contributed by atoms with van der Waals surface area (Å²) in [6.45, 7) is 16.8. The zero-order valence-corrected chi connectivity index (χ0v) is 29.3. The van der Waals surface area contributed by atoms with E-state index >= 15 is 0 Å². The lowest BCUT2D eigenvalue weighted by Crippen LogP contribution is -2.64. The molecular weight excluding hydrogens is 588 g/mol. The van der Waals surface area contributed by atoms with E-state index < -0.39 is 27.8 Å². The van der Waals surface area contributed by atoms with Gasteiger partial charge in [-0.1, -0.05) is 77.0 Å². The normalized spacial score (nSPS) is 44.0. The molecule has 0 aromatic carbocycles. The minimum atomic E-state index is -0.758. The maximum atomic E-state index is 13.5. The number of carbonyl (C=O) groups excluding carboxylic acids is 4. The van der Waals surface area contributed by atoms with Crippen LogP contribution in [0, 0.1) is 50.2 Å². The molecule has 0 spiro atoms. The highest BCUT2D eigenvalue weighted by atomic mass is 32.2. The Labute approximate surface area is 272 Å². The predicted molar refractivity (Wildman–Crippen MR) is 174 cm³/mol. The van der Waals surface area contributed by atoms with Gasteiger partial charge in [-0.15, -0.1) is 0 Å². The van der Waals surface area contributed by atoms with Gasteiger partial charge >= 0.3 is 11.9 Å². The van der Waals surface area contributed by atoms with E-state index in [4.69, 9.17) is 9.57 Å². The molecule has 6 rings (SSSR count). The number of hydrogen-bond acceptors (Lipinski definition) is 8. The first-order valence-corrected chi connectivity index (χ1v) is 17.9. The third kappa shape index (κ3) is 4.78. The van der Waals surface area contributed by atoms with Crippen molar-refractivity contribution in [3.05, 3.63) is 11.6 Å². The van der Waals surface area contributed by atoms with Crippen molar-refractivity contribution < 1.29 is 28.8 Å². The van der Waals surface area contributed by atoms with E-state index in [1.54, 1.807) is 7.11 Å². The molecule has 6 aliphatic rings. The van der Waals surface area contributed by atoms with E-state index in [-0.39, 0.29) is 45.4 Å². The Morgan fingerprint density at radius 1 is 0.978 bits per heavy atom. The lowest BCUT2D eigenvalue weighted by Gasteiger charge is -2.70. The number of nitrogens with zero attached hydrogens (tertiary/aromatic N) is 1. The van der Waals surface area contributed by atoms with Gasteiger partial charge in [0.2, 0.25) is 5.91 Å². The Bertz CT molecular complexity index is 1380. The van der Waals surface area contributed by atoms with Gasteiger partial charge in [-0.3, -0.25) is 19.7 Å². The van der Waals surface area contributed by atoms with Crippen molar-refractivity contribution in [2.45, 2.75) is 124 Å². The van der Waals surface area contributed by atoms with Crippen LogP contribution in [0.5, 0.6) is 0 Å². The number of hydrogen-bond donors (Lipinski definition) is 1. The smallest absolute Gasteiger partial charge is 0.336 e. The van der Waals surface area contributed by atoms with E-state index in [0.29, 0.717) is 11.8 Å². The number of nitrogens with one attached hydrogen (secondary N) is 1. The topological polar surface area (TPSA) is 111 Å². The van der Waals surface area contributed by atoms with Gasteiger partial charge in [0, 0.05) is 5.41 Å². The summed E-state index contributed by atoms with van der Waals surface area (Å²) < 4.78 is 5.52. The van der Waals surface area contributed by atoms with Crippen LogP contribution in [-0.4, -0.2) is 41.2 Å². The first kappa shape index (κ1) is 32.8. The molecule has 0 aromatic heterocycles. The summed E-state index contributed by atoms with van der Waals surface area (Å²) in [4.78, 5) is 54.9. The van der Waals surface area contributed by atoms with Crippen LogP contribution in [0.1, 0.15) is 119 Å². The van der Waals surface area contributed by atoms with Gasteiger partial charge in [0.15, 0.2) is 0 Å². The van der Waals surface area contributed by atoms with E-state index in [9.17, 15) is 19.2 Å². The van der Waals surface area contributed by atoms with Gasteiger partial charge in [0.05, 0.1) is 24.7 Å². The number of oxime groups is 1. The third-order valence-corrected chi connectivity index (χ3v) is 15.4. The molecule has 9 heteroatoms. The Morgan fingerprint density at radius 3 is 2.36 bits per heavy atom. The number of esters is 1. The molecule has 4 saturated carbocycles. The van der Waals surface area contributed by atoms with Crippen molar-refractivity contribution in [1.82, 2.24) is 5.32 Å². The van der Waals surface area contributed by atoms with Crippen LogP contribution in [0.3, 0.4) is 0 Å².